The number of likely N-dealkylation sites (tertiary alicyclic amines) is 1. The fourth-order valence-electron chi connectivity index (χ4n) is 3.58. The Balaban J connectivity index is 1.47. The average Bonchev–Trinajstić information content (AvgIpc) is 2.75. The Morgan fingerprint density at radius 1 is 1.03 bits per heavy atom. The van der Waals surface area contributed by atoms with Gasteiger partial charge >= 0.3 is 5.82 Å². The van der Waals surface area contributed by atoms with Crippen LogP contribution in [0, 0.1) is 10.1 Å². The lowest BCUT2D eigenvalue weighted by Crippen LogP contribution is -2.29. The zero-order chi connectivity index (χ0) is 20.2. The summed E-state index contributed by atoms with van der Waals surface area (Å²) in [4.78, 5) is 20.8. The van der Waals surface area contributed by atoms with Crippen molar-refractivity contribution in [3.63, 3.8) is 0 Å². The Bertz CT molecular complexity index is 982. The summed E-state index contributed by atoms with van der Waals surface area (Å²) in [6, 6.07) is 15.0. The van der Waals surface area contributed by atoms with Crippen LogP contribution < -0.4 is 4.74 Å². The van der Waals surface area contributed by atoms with Crippen molar-refractivity contribution >= 4 is 5.82 Å². The Morgan fingerprint density at radius 3 is 2.45 bits per heavy atom. The summed E-state index contributed by atoms with van der Waals surface area (Å²) >= 11 is 0. The Hall–Kier alpha value is -3.32. The van der Waals surface area contributed by atoms with Crippen LogP contribution in [-0.4, -0.2) is 39.9 Å². The van der Waals surface area contributed by atoms with E-state index in [2.05, 4.69) is 46.2 Å². The van der Waals surface area contributed by atoms with Crippen LogP contribution >= 0.6 is 0 Å². The third-order valence-electron chi connectivity index (χ3n) is 5.27. The molecule has 0 aliphatic carbocycles. The third kappa shape index (κ3) is 4.57. The molecular formula is C22H22N4O3. The fraction of sp³-hybridized carbons (Fsp3) is 0.273. The molecule has 1 aromatic carbocycles. The van der Waals surface area contributed by atoms with E-state index in [1.807, 2.05) is 6.07 Å². The van der Waals surface area contributed by atoms with Gasteiger partial charge in [-0.25, -0.2) is 0 Å². The van der Waals surface area contributed by atoms with Gasteiger partial charge in [-0.05, 0) is 66.5 Å². The fourth-order valence-corrected chi connectivity index (χ4v) is 3.58. The zero-order valence-corrected chi connectivity index (χ0v) is 16.2. The maximum absolute atomic E-state index is 10.7. The highest BCUT2D eigenvalue weighted by atomic mass is 16.6. The predicted molar refractivity (Wildman–Crippen MR) is 110 cm³/mol. The molecule has 3 aromatic rings. The van der Waals surface area contributed by atoms with Crippen LogP contribution in [0.4, 0.5) is 5.82 Å². The number of nitro groups is 1. The Kier molecular flexibility index (Phi) is 5.48. The first-order valence-electron chi connectivity index (χ1n) is 9.62. The number of rotatable bonds is 5. The average molecular weight is 390 g/mol. The van der Waals surface area contributed by atoms with Gasteiger partial charge in [-0.3, -0.25) is 4.98 Å². The van der Waals surface area contributed by atoms with Gasteiger partial charge in [0.25, 0.3) is 0 Å². The largest absolute Gasteiger partial charge is 0.453 e. The summed E-state index contributed by atoms with van der Waals surface area (Å²) in [5.74, 6) is 1.45. The van der Waals surface area contributed by atoms with Gasteiger partial charge in [0.15, 0.2) is 11.9 Å². The van der Waals surface area contributed by atoms with Crippen molar-refractivity contribution in [1.82, 2.24) is 14.9 Å². The van der Waals surface area contributed by atoms with Crippen molar-refractivity contribution in [3.8, 4) is 22.8 Å². The molecule has 3 heterocycles. The van der Waals surface area contributed by atoms with E-state index in [1.165, 1.54) is 36.7 Å². The second-order valence-corrected chi connectivity index (χ2v) is 7.29. The van der Waals surface area contributed by atoms with Crippen molar-refractivity contribution in [2.75, 3.05) is 20.1 Å². The number of ether oxygens (including phenoxy) is 1. The molecular weight excluding hydrogens is 368 g/mol. The summed E-state index contributed by atoms with van der Waals surface area (Å²) in [6.45, 7) is 2.29. The number of pyridine rings is 2. The minimum atomic E-state index is -0.538. The minimum absolute atomic E-state index is 0.211. The SMILES string of the molecule is CN1CCC(c2ccc(-c3cc(Oc4ccc([N+](=O)[O-])nc4)ccn3)cc2)CC1. The molecule has 1 saturated heterocycles. The quantitative estimate of drug-likeness (QED) is 0.466. The van der Waals surface area contributed by atoms with E-state index in [1.54, 1.807) is 12.3 Å². The molecule has 0 amide bonds. The molecule has 7 heteroatoms. The van der Waals surface area contributed by atoms with Crippen molar-refractivity contribution < 1.29 is 9.66 Å². The maximum atomic E-state index is 10.7. The number of aromatic nitrogens is 2. The Morgan fingerprint density at radius 2 is 1.79 bits per heavy atom. The molecule has 0 radical (unpaired) electrons. The van der Waals surface area contributed by atoms with Crippen LogP contribution in [0.15, 0.2) is 60.9 Å². The predicted octanol–water partition coefficient (Wildman–Crippen LogP) is 4.65. The van der Waals surface area contributed by atoms with E-state index < -0.39 is 4.92 Å². The lowest BCUT2D eigenvalue weighted by molar-refractivity contribution is -0.389. The first-order chi connectivity index (χ1) is 14.1. The number of hydrogen-bond acceptors (Lipinski definition) is 6. The molecule has 7 nitrogen and oxygen atoms in total. The van der Waals surface area contributed by atoms with Crippen molar-refractivity contribution in [1.29, 1.82) is 0 Å². The number of piperidine rings is 1. The first kappa shape index (κ1) is 19.0. The second-order valence-electron chi connectivity index (χ2n) is 7.29. The van der Waals surface area contributed by atoms with Crippen LogP contribution in [0.3, 0.4) is 0 Å². The van der Waals surface area contributed by atoms with E-state index in [9.17, 15) is 10.1 Å². The molecule has 1 fully saturated rings. The van der Waals surface area contributed by atoms with Gasteiger partial charge in [0.1, 0.15) is 5.75 Å². The highest BCUT2D eigenvalue weighted by molar-refractivity contribution is 5.61. The highest BCUT2D eigenvalue weighted by Gasteiger charge is 2.18. The second kappa shape index (κ2) is 8.36. The van der Waals surface area contributed by atoms with Gasteiger partial charge in [-0.2, -0.15) is 0 Å². The summed E-state index contributed by atoms with van der Waals surface area (Å²) < 4.78 is 5.77. The van der Waals surface area contributed by atoms with Crippen LogP contribution in [0.1, 0.15) is 24.3 Å². The van der Waals surface area contributed by atoms with Crippen LogP contribution in [0.5, 0.6) is 11.5 Å². The normalized spacial score (nSPS) is 15.2. The molecule has 2 aromatic heterocycles. The molecule has 148 valence electrons. The summed E-state index contributed by atoms with van der Waals surface area (Å²) in [5, 5.41) is 10.7. The van der Waals surface area contributed by atoms with Crippen molar-refractivity contribution in [2.24, 2.45) is 0 Å². The minimum Gasteiger partial charge on any atom is -0.453 e. The molecule has 1 aliphatic heterocycles. The number of hydrogen-bond donors (Lipinski definition) is 0. The molecule has 0 spiro atoms. The van der Waals surface area contributed by atoms with Gasteiger partial charge in [-0.1, -0.05) is 24.3 Å². The third-order valence-corrected chi connectivity index (χ3v) is 5.27. The molecule has 0 N–H and O–H groups in total. The van der Waals surface area contributed by atoms with Gasteiger partial charge in [0.2, 0.25) is 0 Å². The summed E-state index contributed by atoms with van der Waals surface area (Å²) in [7, 11) is 2.17. The van der Waals surface area contributed by atoms with Crippen molar-refractivity contribution in [3.05, 3.63) is 76.6 Å². The summed E-state index contributed by atoms with van der Waals surface area (Å²) in [6.07, 6.45) is 5.42. The number of nitrogens with zero attached hydrogens (tertiary/aromatic N) is 4. The van der Waals surface area contributed by atoms with Crippen LogP contribution in [0.2, 0.25) is 0 Å². The number of benzene rings is 1. The van der Waals surface area contributed by atoms with E-state index in [0.29, 0.717) is 17.4 Å². The van der Waals surface area contributed by atoms with E-state index >= 15 is 0 Å². The van der Waals surface area contributed by atoms with Gasteiger partial charge in [0, 0.05) is 23.9 Å². The van der Waals surface area contributed by atoms with Gasteiger partial charge in [-0.15, -0.1) is 0 Å². The summed E-state index contributed by atoms with van der Waals surface area (Å²) in [5.41, 5.74) is 3.22. The molecule has 0 bridgehead atoms. The van der Waals surface area contributed by atoms with E-state index in [4.69, 9.17) is 4.74 Å². The zero-order valence-electron chi connectivity index (χ0n) is 16.2. The molecule has 0 saturated carbocycles. The monoisotopic (exact) mass is 390 g/mol. The first-order valence-corrected chi connectivity index (χ1v) is 9.62. The van der Waals surface area contributed by atoms with Crippen LogP contribution in [-0.2, 0) is 0 Å². The smallest absolute Gasteiger partial charge is 0.363 e. The van der Waals surface area contributed by atoms with Crippen molar-refractivity contribution in [2.45, 2.75) is 18.8 Å². The maximum Gasteiger partial charge on any atom is 0.363 e. The molecule has 29 heavy (non-hydrogen) atoms. The van der Waals surface area contributed by atoms with E-state index in [-0.39, 0.29) is 5.82 Å². The van der Waals surface area contributed by atoms with Gasteiger partial charge < -0.3 is 19.8 Å². The topological polar surface area (TPSA) is 81.4 Å². The molecule has 0 unspecified atom stereocenters. The van der Waals surface area contributed by atoms with E-state index in [0.717, 1.165) is 24.3 Å². The lowest BCUT2D eigenvalue weighted by Gasteiger charge is -2.29. The molecule has 1 aliphatic rings. The standard InChI is InChI=1S/C22H22N4O3/c1-25-12-9-17(10-13-25)16-2-4-18(5-3-16)21-14-19(8-11-23-21)29-20-6-7-22(24-15-20)26(27)28/h2-8,11,14-15,17H,9-10,12-13H2,1H3. The van der Waals surface area contributed by atoms with Gasteiger partial charge in [0.05, 0.1) is 5.69 Å². The lowest BCUT2D eigenvalue weighted by atomic mass is 9.89. The highest BCUT2D eigenvalue weighted by Crippen LogP contribution is 2.30. The Labute approximate surface area is 169 Å². The van der Waals surface area contributed by atoms with Crippen LogP contribution in [0.25, 0.3) is 11.3 Å². The molecule has 4 rings (SSSR count). The molecule has 0 atom stereocenters.